The van der Waals surface area contributed by atoms with Crippen LogP contribution in [0.15, 0.2) is 52.9 Å². The van der Waals surface area contributed by atoms with Gasteiger partial charge in [-0.05, 0) is 17.7 Å². The van der Waals surface area contributed by atoms with Crippen molar-refractivity contribution in [1.29, 1.82) is 0 Å². The number of oxazole rings is 1. The fraction of sp³-hybridized carbons (Fsp3) is 0.250. The molecule has 0 aliphatic carbocycles. The Balaban J connectivity index is 1.37. The number of aromatic nitrogens is 1. The molecule has 8 nitrogen and oxygen atoms in total. The van der Waals surface area contributed by atoms with Gasteiger partial charge in [-0.2, -0.15) is 4.98 Å². The Labute approximate surface area is 160 Å². The van der Waals surface area contributed by atoms with Crippen LogP contribution in [0.2, 0.25) is 0 Å². The number of carbonyl (C=O) groups excluding carboxylic acids is 1. The molecule has 0 atom stereocenters. The Bertz CT molecular complexity index is 994. The average molecular weight is 381 g/mol. The predicted octanol–water partition coefficient (Wildman–Crippen LogP) is 2.98. The number of fused-ring (bicyclic) bond motifs is 1. The molecule has 28 heavy (non-hydrogen) atoms. The summed E-state index contributed by atoms with van der Waals surface area (Å²) in [6.07, 6.45) is -0.353. The molecule has 0 bridgehead atoms. The highest BCUT2D eigenvalue weighted by molar-refractivity contribution is 6.00. The third-order valence-electron chi connectivity index (χ3n) is 4.65. The topological polar surface area (TPSA) is 96.1 Å². The van der Waals surface area contributed by atoms with Gasteiger partial charge >= 0.3 is 12.1 Å². The molecule has 1 aromatic heterocycles. The standard InChI is InChI=1S/C20H19N3O5/c24-18(25)15-7-4-8-16-17(15)28-19(21-16)22-9-11-23(12-10-22)20(26)27-13-14-5-2-1-3-6-14/h1-8H,9-13H2,(H,24,25). The van der Waals surface area contributed by atoms with Gasteiger partial charge in [-0.25, -0.2) is 9.59 Å². The summed E-state index contributed by atoms with van der Waals surface area (Å²) in [5, 5.41) is 9.27. The summed E-state index contributed by atoms with van der Waals surface area (Å²) >= 11 is 0. The van der Waals surface area contributed by atoms with Crippen LogP contribution in [0.25, 0.3) is 11.1 Å². The largest absolute Gasteiger partial charge is 0.478 e. The van der Waals surface area contributed by atoms with Crippen molar-refractivity contribution in [3.8, 4) is 0 Å². The van der Waals surface area contributed by atoms with E-state index in [0.29, 0.717) is 37.7 Å². The first-order valence-corrected chi connectivity index (χ1v) is 8.95. The van der Waals surface area contributed by atoms with E-state index in [1.54, 1.807) is 17.0 Å². The van der Waals surface area contributed by atoms with Crippen molar-refractivity contribution in [2.45, 2.75) is 6.61 Å². The molecule has 1 saturated heterocycles. The van der Waals surface area contributed by atoms with Crippen LogP contribution in [0.3, 0.4) is 0 Å². The first-order chi connectivity index (χ1) is 13.6. The molecule has 3 aromatic rings. The number of para-hydroxylation sites is 1. The molecule has 1 aliphatic rings. The van der Waals surface area contributed by atoms with E-state index in [4.69, 9.17) is 9.15 Å². The average Bonchev–Trinajstić information content (AvgIpc) is 3.17. The van der Waals surface area contributed by atoms with Crippen molar-refractivity contribution in [1.82, 2.24) is 9.88 Å². The van der Waals surface area contributed by atoms with Gasteiger partial charge in [0.05, 0.1) is 0 Å². The van der Waals surface area contributed by atoms with Crippen molar-refractivity contribution in [2.24, 2.45) is 0 Å². The molecule has 144 valence electrons. The van der Waals surface area contributed by atoms with Gasteiger partial charge in [0.2, 0.25) is 0 Å². The molecule has 0 radical (unpaired) electrons. The number of carboxylic acid groups (broad SMARTS) is 1. The van der Waals surface area contributed by atoms with Crippen LogP contribution in [0.4, 0.5) is 10.8 Å². The minimum Gasteiger partial charge on any atom is -0.478 e. The Morgan fingerprint density at radius 3 is 2.50 bits per heavy atom. The minimum atomic E-state index is -1.06. The Morgan fingerprint density at radius 1 is 1.04 bits per heavy atom. The second kappa shape index (κ2) is 7.59. The van der Waals surface area contributed by atoms with Crippen molar-refractivity contribution in [3.05, 3.63) is 59.7 Å². The molecule has 8 heteroatoms. The lowest BCUT2D eigenvalue weighted by Gasteiger charge is -2.33. The van der Waals surface area contributed by atoms with E-state index in [9.17, 15) is 14.7 Å². The van der Waals surface area contributed by atoms with Crippen LogP contribution in [0.5, 0.6) is 0 Å². The molecule has 0 saturated carbocycles. The third-order valence-corrected chi connectivity index (χ3v) is 4.65. The number of benzene rings is 2. The fourth-order valence-electron chi connectivity index (χ4n) is 3.13. The van der Waals surface area contributed by atoms with Crippen LogP contribution in [0.1, 0.15) is 15.9 Å². The molecule has 0 unspecified atom stereocenters. The Hall–Kier alpha value is -3.55. The van der Waals surface area contributed by atoms with Crippen molar-refractivity contribution in [2.75, 3.05) is 31.1 Å². The van der Waals surface area contributed by atoms with Crippen molar-refractivity contribution >= 4 is 29.2 Å². The third kappa shape index (κ3) is 3.62. The molecule has 1 aliphatic heterocycles. The highest BCUT2D eigenvalue weighted by Crippen LogP contribution is 2.26. The number of rotatable bonds is 4. The lowest BCUT2D eigenvalue weighted by molar-refractivity contribution is 0.0697. The van der Waals surface area contributed by atoms with E-state index in [-0.39, 0.29) is 23.8 Å². The second-order valence-electron chi connectivity index (χ2n) is 6.47. The van der Waals surface area contributed by atoms with Gasteiger partial charge in [0.25, 0.3) is 6.01 Å². The van der Waals surface area contributed by atoms with E-state index < -0.39 is 5.97 Å². The molecule has 1 N–H and O–H groups in total. The summed E-state index contributed by atoms with van der Waals surface area (Å²) in [5.74, 6) is -1.06. The maximum Gasteiger partial charge on any atom is 0.410 e. The first kappa shape index (κ1) is 17.8. The molecular weight excluding hydrogens is 362 g/mol. The summed E-state index contributed by atoms with van der Waals surface area (Å²) < 4.78 is 11.1. The number of amides is 1. The maximum absolute atomic E-state index is 12.3. The number of piperazine rings is 1. The molecule has 2 heterocycles. The van der Waals surface area contributed by atoms with Gasteiger partial charge in [-0.1, -0.05) is 36.4 Å². The predicted molar refractivity (Wildman–Crippen MR) is 101 cm³/mol. The van der Waals surface area contributed by atoms with Crippen LogP contribution < -0.4 is 4.90 Å². The quantitative estimate of drug-likeness (QED) is 0.742. The van der Waals surface area contributed by atoms with Gasteiger partial charge in [-0.15, -0.1) is 0 Å². The highest BCUT2D eigenvalue weighted by atomic mass is 16.6. The van der Waals surface area contributed by atoms with E-state index in [1.165, 1.54) is 6.07 Å². The first-order valence-electron chi connectivity index (χ1n) is 8.95. The smallest absolute Gasteiger partial charge is 0.410 e. The van der Waals surface area contributed by atoms with Crippen molar-refractivity contribution in [3.63, 3.8) is 0 Å². The molecule has 1 amide bonds. The monoisotopic (exact) mass is 381 g/mol. The highest BCUT2D eigenvalue weighted by Gasteiger charge is 2.25. The number of hydrogen-bond acceptors (Lipinski definition) is 6. The fourth-order valence-corrected chi connectivity index (χ4v) is 3.13. The van der Waals surface area contributed by atoms with Gasteiger partial charge in [-0.3, -0.25) is 0 Å². The number of anilines is 1. The second-order valence-corrected chi connectivity index (χ2v) is 6.47. The number of nitrogens with zero attached hydrogens (tertiary/aromatic N) is 3. The zero-order valence-electron chi connectivity index (χ0n) is 15.1. The van der Waals surface area contributed by atoms with E-state index in [1.807, 2.05) is 35.2 Å². The van der Waals surface area contributed by atoms with Crippen LogP contribution in [-0.4, -0.2) is 53.2 Å². The number of carboxylic acids is 1. The van der Waals surface area contributed by atoms with Gasteiger partial charge in [0, 0.05) is 26.2 Å². The van der Waals surface area contributed by atoms with Crippen LogP contribution in [0, 0.1) is 0 Å². The maximum atomic E-state index is 12.3. The van der Waals surface area contributed by atoms with E-state index in [2.05, 4.69) is 4.98 Å². The summed E-state index contributed by atoms with van der Waals surface area (Å²) in [5.41, 5.74) is 1.78. The zero-order valence-corrected chi connectivity index (χ0v) is 15.1. The number of hydrogen-bond donors (Lipinski definition) is 1. The summed E-state index contributed by atoms with van der Waals surface area (Å²) in [6, 6.07) is 14.7. The molecule has 1 fully saturated rings. The number of ether oxygens (including phenoxy) is 1. The molecular formula is C20H19N3O5. The summed E-state index contributed by atoms with van der Waals surface area (Å²) in [7, 11) is 0. The Kier molecular flexibility index (Phi) is 4.84. The SMILES string of the molecule is O=C(O)c1cccc2nc(N3CCN(C(=O)OCc4ccccc4)CC3)oc12. The normalized spacial score (nSPS) is 14.3. The Morgan fingerprint density at radius 2 is 1.79 bits per heavy atom. The molecule has 4 rings (SSSR count). The number of aromatic carboxylic acids is 1. The van der Waals surface area contributed by atoms with Gasteiger partial charge < -0.3 is 24.1 Å². The van der Waals surface area contributed by atoms with Gasteiger partial charge in [0.1, 0.15) is 17.7 Å². The van der Waals surface area contributed by atoms with Crippen LogP contribution in [-0.2, 0) is 11.3 Å². The van der Waals surface area contributed by atoms with Crippen LogP contribution >= 0.6 is 0 Å². The lowest BCUT2D eigenvalue weighted by Crippen LogP contribution is -2.49. The molecule has 0 spiro atoms. The van der Waals surface area contributed by atoms with Gasteiger partial charge in [0.15, 0.2) is 5.58 Å². The summed E-state index contributed by atoms with van der Waals surface area (Å²) in [4.78, 5) is 31.5. The van der Waals surface area contributed by atoms with E-state index in [0.717, 1.165) is 5.56 Å². The number of carbonyl (C=O) groups is 2. The van der Waals surface area contributed by atoms with E-state index >= 15 is 0 Å². The minimum absolute atomic E-state index is 0.0828. The lowest BCUT2D eigenvalue weighted by atomic mass is 10.2. The molecule has 2 aromatic carbocycles. The van der Waals surface area contributed by atoms with Crippen molar-refractivity contribution < 1.29 is 23.8 Å². The zero-order chi connectivity index (χ0) is 19.5. The summed E-state index contributed by atoms with van der Waals surface area (Å²) in [6.45, 7) is 2.23.